The summed E-state index contributed by atoms with van der Waals surface area (Å²) in [5, 5.41) is 0. The number of halogens is 5. The molecule has 1 aromatic heterocycles. The standard InChI is InChI=1S/C17H11BrF4N2/c18-12-5-10(6-13(19)8-12)9-24-4-3-23-15(24)7-11-1-2-14(20)17(22)16(11)21/h1-6,8H,7,9H2. The maximum atomic E-state index is 13.8. The summed E-state index contributed by atoms with van der Waals surface area (Å²) in [6, 6.07) is 6.54. The number of aromatic nitrogens is 2. The van der Waals surface area contributed by atoms with E-state index in [2.05, 4.69) is 20.9 Å². The lowest BCUT2D eigenvalue weighted by Gasteiger charge is -2.10. The number of hydrogen-bond acceptors (Lipinski definition) is 1. The van der Waals surface area contributed by atoms with E-state index in [1.807, 2.05) is 0 Å². The molecular formula is C17H11BrF4N2. The maximum absolute atomic E-state index is 13.8. The first-order valence-corrected chi connectivity index (χ1v) is 7.80. The Morgan fingerprint density at radius 1 is 1.00 bits per heavy atom. The van der Waals surface area contributed by atoms with Gasteiger partial charge in [0.25, 0.3) is 0 Å². The molecule has 0 aliphatic carbocycles. The summed E-state index contributed by atoms with van der Waals surface area (Å²) in [6.07, 6.45) is 3.17. The molecule has 0 radical (unpaired) electrons. The minimum Gasteiger partial charge on any atom is -0.330 e. The van der Waals surface area contributed by atoms with Crippen LogP contribution in [0, 0.1) is 23.3 Å². The van der Waals surface area contributed by atoms with Gasteiger partial charge in [0.15, 0.2) is 17.5 Å². The summed E-state index contributed by atoms with van der Waals surface area (Å²) >= 11 is 3.22. The van der Waals surface area contributed by atoms with Crippen molar-refractivity contribution >= 4 is 15.9 Å². The third-order valence-corrected chi connectivity index (χ3v) is 4.00. The largest absolute Gasteiger partial charge is 0.330 e. The predicted octanol–water partition coefficient (Wildman–Crippen LogP) is 4.84. The van der Waals surface area contributed by atoms with Gasteiger partial charge in [0.1, 0.15) is 11.6 Å². The predicted molar refractivity (Wildman–Crippen MR) is 84.6 cm³/mol. The van der Waals surface area contributed by atoms with E-state index in [9.17, 15) is 17.6 Å². The lowest BCUT2D eigenvalue weighted by atomic mass is 10.1. The molecule has 0 fully saturated rings. The van der Waals surface area contributed by atoms with Gasteiger partial charge >= 0.3 is 0 Å². The van der Waals surface area contributed by atoms with Crippen LogP contribution in [0.5, 0.6) is 0 Å². The molecule has 0 spiro atoms. The third kappa shape index (κ3) is 3.51. The fourth-order valence-electron chi connectivity index (χ4n) is 2.42. The van der Waals surface area contributed by atoms with E-state index in [1.165, 1.54) is 24.4 Å². The molecule has 124 valence electrons. The highest BCUT2D eigenvalue weighted by Crippen LogP contribution is 2.20. The molecule has 3 rings (SSSR count). The molecule has 1 heterocycles. The average Bonchev–Trinajstić information content (AvgIpc) is 2.94. The van der Waals surface area contributed by atoms with Crippen molar-refractivity contribution in [2.75, 3.05) is 0 Å². The quantitative estimate of drug-likeness (QED) is 0.454. The van der Waals surface area contributed by atoms with Crippen LogP contribution in [0.3, 0.4) is 0 Å². The molecule has 0 aliphatic rings. The molecule has 0 aliphatic heterocycles. The average molecular weight is 399 g/mol. The monoisotopic (exact) mass is 398 g/mol. The first-order chi connectivity index (χ1) is 11.4. The van der Waals surface area contributed by atoms with Gasteiger partial charge in [0.2, 0.25) is 0 Å². The second-order valence-corrected chi connectivity index (χ2v) is 6.18. The first kappa shape index (κ1) is 16.7. The van der Waals surface area contributed by atoms with Gasteiger partial charge in [-0.25, -0.2) is 22.5 Å². The van der Waals surface area contributed by atoms with Gasteiger partial charge in [0.05, 0.1) is 0 Å². The first-order valence-electron chi connectivity index (χ1n) is 7.01. The van der Waals surface area contributed by atoms with Gasteiger partial charge in [0, 0.05) is 29.8 Å². The van der Waals surface area contributed by atoms with Crippen molar-refractivity contribution in [3.05, 3.63) is 87.4 Å². The van der Waals surface area contributed by atoms with E-state index < -0.39 is 17.5 Å². The molecule has 0 bridgehead atoms. The van der Waals surface area contributed by atoms with Crippen LogP contribution >= 0.6 is 15.9 Å². The lowest BCUT2D eigenvalue weighted by molar-refractivity contribution is 0.441. The van der Waals surface area contributed by atoms with Crippen molar-refractivity contribution in [1.82, 2.24) is 9.55 Å². The SMILES string of the molecule is Fc1cc(Br)cc(Cn2ccnc2Cc2ccc(F)c(F)c2F)c1. The summed E-state index contributed by atoms with van der Waals surface area (Å²) in [5.74, 6) is -3.88. The Hall–Kier alpha value is -2.15. The number of imidazole rings is 1. The zero-order chi connectivity index (χ0) is 17.3. The Kier molecular flexibility index (Phi) is 4.71. The Morgan fingerprint density at radius 3 is 2.54 bits per heavy atom. The van der Waals surface area contributed by atoms with Gasteiger partial charge in [-0.15, -0.1) is 0 Å². The second kappa shape index (κ2) is 6.76. The van der Waals surface area contributed by atoms with Gasteiger partial charge in [-0.1, -0.05) is 22.0 Å². The lowest BCUT2D eigenvalue weighted by Crippen LogP contribution is -2.07. The van der Waals surface area contributed by atoms with Crippen molar-refractivity contribution in [1.29, 1.82) is 0 Å². The van der Waals surface area contributed by atoms with E-state index in [-0.39, 0.29) is 17.8 Å². The topological polar surface area (TPSA) is 17.8 Å². The van der Waals surface area contributed by atoms with Crippen molar-refractivity contribution in [2.45, 2.75) is 13.0 Å². The van der Waals surface area contributed by atoms with Crippen molar-refractivity contribution in [3.63, 3.8) is 0 Å². The molecule has 3 aromatic rings. The van der Waals surface area contributed by atoms with Gasteiger partial charge in [-0.2, -0.15) is 0 Å². The highest BCUT2D eigenvalue weighted by Gasteiger charge is 2.15. The van der Waals surface area contributed by atoms with Crippen LogP contribution in [-0.4, -0.2) is 9.55 Å². The molecule has 2 aromatic carbocycles. The molecule has 7 heteroatoms. The van der Waals surface area contributed by atoms with Crippen LogP contribution in [0.15, 0.2) is 47.2 Å². The molecule has 0 saturated carbocycles. The van der Waals surface area contributed by atoms with Crippen LogP contribution in [0.4, 0.5) is 17.6 Å². The molecule has 24 heavy (non-hydrogen) atoms. The molecule has 0 amide bonds. The van der Waals surface area contributed by atoms with E-state index in [0.29, 0.717) is 22.4 Å². The number of benzene rings is 2. The van der Waals surface area contributed by atoms with E-state index in [0.717, 1.165) is 6.07 Å². The van der Waals surface area contributed by atoms with Gasteiger partial charge < -0.3 is 4.57 Å². The van der Waals surface area contributed by atoms with Crippen molar-refractivity contribution in [3.8, 4) is 0 Å². The fourth-order valence-corrected chi connectivity index (χ4v) is 2.94. The smallest absolute Gasteiger partial charge is 0.194 e. The van der Waals surface area contributed by atoms with Gasteiger partial charge in [-0.3, -0.25) is 0 Å². The van der Waals surface area contributed by atoms with Crippen LogP contribution in [0.2, 0.25) is 0 Å². The van der Waals surface area contributed by atoms with E-state index >= 15 is 0 Å². The summed E-state index contributed by atoms with van der Waals surface area (Å²) in [4.78, 5) is 4.12. The van der Waals surface area contributed by atoms with Crippen LogP contribution in [-0.2, 0) is 13.0 Å². The molecular weight excluding hydrogens is 388 g/mol. The van der Waals surface area contributed by atoms with Crippen molar-refractivity contribution in [2.24, 2.45) is 0 Å². The number of rotatable bonds is 4. The van der Waals surface area contributed by atoms with Crippen molar-refractivity contribution < 1.29 is 17.6 Å². The Morgan fingerprint density at radius 2 is 1.79 bits per heavy atom. The van der Waals surface area contributed by atoms with Gasteiger partial charge in [-0.05, 0) is 35.4 Å². The summed E-state index contributed by atoms with van der Waals surface area (Å²) in [5.41, 5.74) is 0.689. The Bertz CT molecular complexity index is 872. The third-order valence-electron chi connectivity index (χ3n) is 3.54. The van der Waals surface area contributed by atoms with Crippen LogP contribution in [0.25, 0.3) is 0 Å². The Balaban J connectivity index is 1.87. The molecule has 0 N–H and O–H groups in total. The molecule has 2 nitrogen and oxygen atoms in total. The molecule has 0 atom stereocenters. The van der Waals surface area contributed by atoms with E-state index in [4.69, 9.17) is 0 Å². The minimum atomic E-state index is -1.50. The molecule has 0 unspecified atom stereocenters. The fraction of sp³-hybridized carbons (Fsp3) is 0.118. The highest BCUT2D eigenvalue weighted by molar-refractivity contribution is 9.10. The number of nitrogens with zero attached hydrogens (tertiary/aromatic N) is 2. The van der Waals surface area contributed by atoms with Crippen LogP contribution in [0.1, 0.15) is 17.0 Å². The zero-order valence-electron chi connectivity index (χ0n) is 12.2. The zero-order valence-corrected chi connectivity index (χ0v) is 13.8. The molecule has 0 saturated heterocycles. The van der Waals surface area contributed by atoms with E-state index in [1.54, 1.807) is 16.8 Å². The minimum absolute atomic E-state index is 0.00164. The Labute approximate surface area is 143 Å². The summed E-state index contributed by atoms with van der Waals surface area (Å²) < 4.78 is 55.9. The maximum Gasteiger partial charge on any atom is 0.194 e. The number of hydrogen-bond donors (Lipinski definition) is 0. The second-order valence-electron chi connectivity index (χ2n) is 5.26. The normalized spacial score (nSPS) is 11.0. The van der Waals surface area contributed by atoms with Crippen LogP contribution < -0.4 is 0 Å². The summed E-state index contributed by atoms with van der Waals surface area (Å²) in [7, 11) is 0. The highest BCUT2D eigenvalue weighted by atomic mass is 79.9. The summed E-state index contributed by atoms with van der Waals surface area (Å²) in [6.45, 7) is 0.316.